The monoisotopic (exact) mass is 334 g/mol. The Morgan fingerprint density at radius 2 is 1.67 bits per heavy atom. The van der Waals surface area contributed by atoms with Gasteiger partial charge in [0, 0.05) is 32.1 Å². The molecule has 4 fully saturated rings. The Morgan fingerprint density at radius 1 is 1.00 bits per heavy atom. The zero-order valence-corrected chi connectivity index (χ0v) is 15.1. The first kappa shape index (κ1) is 16.8. The van der Waals surface area contributed by atoms with Crippen LogP contribution >= 0.6 is 0 Å². The largest absolute Gasteiger partial charge is 0.392 e. The molecule has 2 saturated heterocycles. The van der Waals surface area contributed by atoms with Gasteiger partial charge in [-0.3, -0.25) is 9.69 Å². The fourth-order valence-corrected chi connectivity index (χ4v) is 5.95. The molecule has 4 aliphatic rings. The maximum atomic E-state index is 13.4. The Morgan fingerprint density at radius 3 is 2.38 bits per heavy atom. The van der Waals surface area contributed by atoms with E-state index in [2.05, 4.69) is 9.80 Å². The predicted octanol–water partition coefficient (Wildman–Crippen LogP) is 2.94. The van der Waals surface area contributed by atoms with Gasteiger partial charge in [0.15, 0.2) is 0 Å². The fourth-order valence-electron chi connectivity index (χ4n) is 5.95. The molecule has 0 radical (unpaired) electrons. The van der Waals surface area contributed by atoms with Crippen molar-refractivity contribution in [3.8, 4) is 0 Å². The highest BCUT2D eigenvalue weighted by Gasteiger charge is 2.56. The standard InChI is InChI=1S/C20H34N2O2/c23-18-13-20(21(15-18)14-16-7-3-1-4-8-16)11-12-22(19(20)24)17-9-5-2-6-10-17/h16-18,23H,1-15H2/t18-,20?/m1/s1. The molecule has 2 saturated carbocycles. The minimum absolute atomic E-state index is 0.316. The first-order valence-electron chi connectivity index (χ1n) is 10.4. The highest BCUT2D eigenvalue weighted by Crippen LogP contribution is 2.42. The third-order valence-corrected chi connectivity index (χ3v) is 7.25. The van der Waals surface area contributed by atoms with Crippen LogP contribution in [0, 0.1) is 5.92 Å². The van der Waals surface area contributed by atoms with Crippen LogP contribution < -0.4 is 0 Å². The van der Waals surface area contributed by atoms with Crippen molar-refractivity contribution in [3.05, 3.63) is 0 Å². The highest BCUT2D eigenvalue weighted by atomic mass is 16.3. The minimum Gasteiger partial charge on any atom is -0.392 e. The Balaban J connectivity index is 1.47. The number of carbonyl (C=O) groups is 1. The second kappa shape index (κ2) is 6.95. The molecule has 4 heteroatoms. The normalized spacial score (nSPS) is 37.0. The number of amides is 1. The van der Waals surface area contributed by atoms with Crippen LogP contribution in [0.2, 0.25) is 0 Å². The molecule has 0 aromatic carbocycles. The molecule has 2 aliphatic carbocycles. The molecular weight excluding hydrogens is 300 g/mol. The van der Waals surface area contributed by atoms with Gasteiger partial charge < -0.3 is 10.0 Å². The lowest BCUT2D eigenvalue weighted by molar-refractivity contribution is -0.139. The van der Waals surface area contributed by atoms with E-state index in [1.54, 1.807) is 0 Å². The molecule has 136 valence electrons. The van der Waals surface area contributed by atoms with E-state index in [0.29, 0.717) is 24.9 Å². The van der Waals surface area contributed by atoms with Gasteiger partial charge in [-0.25, -0.2) is 0 Å². The van der Waals surface area contributed by atoms with E-state index in [4.69, 9.17) is 0 Å². The Kier molecular flexibility index (Phi) is 4.88. The molecule has 2 heterocycles. The maximum absolute atomic E-state index is 13.4. The third-order valence-electron chi connectivity index (χ3n) is 7.25. The number of nitrogens with zero attached hydrogens (tertiary/aromatic N) is 2. The summed E-state index contributed by atoms with van der Waals surface area (Å²) >= 11 is 0. The molecule has 0 aromatic rings. The Bertz CT molecular complexity index is 457. The molecule has 1 amide bonds. The van der Waals surface area contributed by atoms with Gasteiger partial charge in [-0.2, -0.15) is 0 Å². The number of β-amino-alcohol motifs (C(OH)–C–C–N with tert-alkyl or cyclic N) is 1. The molecule has 2 aliphatic heterocycles. The van der Waals surface area contributed by atoms with E-state index >= 15 is 0 Å². The van der Waals surface area contributed by atoms with Crippen molar-refractivity contribution in [2.24, 2.45) is 5.92 Å². The molecule has 0 bridgehead atoms. The summed E-state index contributed by atoms with van der Waals surface area (Å²) in [5.74, 6) is 1.08. The van der Waals surface area contributed by atoms with Crippen LogP contribution in [0.4, 0.5) is 0 Å². The molecule has 2 atom stereocenters. The Labute approximate surface area is 146 Å². The van der Waals surface area contributed by atoms with E-state index in [1.165, 1.54) is 64.2 Å². The zero-order chi connectivity index (χ0) is 16.6. The minimum atomic E-state index is -0.367. The molecule has 1 spiro atoms. The quantitative estimate of drug-likeness (QED) is 0.863. The van der Waals surface area contributed by atoms with E-state index in [9.17, 15) is 9.90 Å². The van der Waals surface area contributed by atoms with Crippen LogP contribution in [-0.4, -0.2) is 58.1 Å². The van der Waals surface area contributed by atoms with Gasteiger partial charge in [-0.15, -0.1) is 0 Å². The lowest BCUT2D eigenvalue weighted by atomic mass is 9.87. The van der Waals surface area contributed by atoms with Crippen molar-refractivity contribution < 1.29 is 9.90 Å². The number of rotatable bonds is 3. The van der Waals surface area contributed by atoms with E-state index < -0.39 is 0 Å². The summed E-state index contributed by atoms with van der Waals surface area (Å²) in [5, 5.41) is 10.4. The summed E-state index contributed by atoms with van der Waals surface area (Å²) in [6, 6.07) is 0.472. The van der Waals surface area contributed by atoms with Crippen molar-refractivity contribution in [1.29, 1.82) is 0 Å². The average molecular weight is 335 g/mol. The van der Waals surface area contributed by atoms with Gasteiger partial charge in [0.2, 0.25) is 5.91 Å². The molecule has 0 aromatic heterocycles. The summed E-state index contributed by atoms with van der Waals surface area (Å²) in [6.45, 7) is 2.65. The smallest absolute Gasteiger partial charge is 0.243 e. The fraction of sp³-hybridized carbons (Fsp3) is 0.950. The topological polar surface area (TPSA) is 43.8 Å². The first-order chi connectivity index (χ1) is 11.7. The van der Waals surface area contributed by atoms with Gasteiger partial charge in [0.05, 0.1) is 6.10 Å². The SMILES string of the molecule is O=C1N(C2CCCCC2)CCC12C[C@@H](O)CN2CC1CCCCC1. The molecular formula is C20H34N2O2. The van der Waals surface area contributed by atoms with Crippen molar-refractivity contribution >= 4 is 5.91 Å². The van der Waals surface area contributed by atoms with Crippen molar-refractivity contribution in [2.45, 2.75) is 94.7 Å². The summed E-state index contributed by atoms with van der Waals surface area (Å²) in [5.41, 5.74) is -0.367. The second-order valence-electron chi connectivity index (χ2n) is 8.84. The maximum Gasteiger partial charge on any atom is 0.243 e. The van der Waals surface area contributed by atoms with Crippen molar-refractivity contribution in [1.82, 2.24) is 9.80 Å². The summed E-state index contributed by atoms with van der Waals surface area (Å²) in [6.07, 6.45) is 14.2. The molecule has 24 heavy (non-hydrogen) atoms. The van der Waals surface area contributed by atoms with Crippen LogP contribution in [0.25, 0.3) is 0 Å². The number of likely N-dealkylation sites (tertiary alicyclic amines) is 2. The van der Waals surface area contributed by atoms with Gasteiger partial charge in [-0.05, 0) is 38.0 Å². The van der Waals surface area contributed by atoms with E-state index in [-0.39, 0.29) is 11.6 Å². The molecule has 4 rings (SSSR count). The van der Waals surface area contributed by atoms with Gasteiger partial charge in [-0.1, -0.05) is 38.5 Å². The number of hydrogen-bond donors (Lipinski definition) is 1. The van der Waals surface area contributed by atoms with Gasteiger partial charge >= 0.3 is 0 Å². The number of hydrogen-bond acceptors (Lipinski definition) is 3. The summed E-state index contributed by atoms with van der Waals surface area (Å²) in [7, 11) is 0. The van der Waals surface area contributed by atoms with Crippen molar-refractivity contribution in [2.75, 3.05) is 19.6 Å². The average Bonchev–Trinajstić information content (AvgIpc) is 3.10. The molecule has 1 unspecified atom stereocenters. The van der Waals surface area contributed by atoms with Crippen LogP contribution in [-0.2, 0) is 4.79 Å². The first-order valence-corrected chi connectivity index (χ1v) is 10.4. The zero-order valence-electron chi connectivity index (χ0n) is 15.1. The molecule has 1 N–H and O–H groups in total. The van der Waals surface area contributed by atoms with E-state index in [1.807, 2.05) is 0 Å². The van der Waals surface area contributed by atoms with Crippen LogP contribution in [0.1, 0.15) is 77.0 Å². The number of carbonyl (C=O) groups excluding carboxylic acids is 1. The number of aliphatic hydroxyl groups excluding tert-OH is 1. The van der Waals surface area contributed by atoms with Gasteiger partial charge in [0.25, 0.3) is 0 Å². The third kappa shape index (κ3) is 3.01. The van der Waals surface area contributed by atoms with Crippen LogP contribution in [0.3, 0.4) is 0 Å². The predicted molar refractivity (Wildman–Crippen MR) is 94.7 cm³/mol. The highest BCUT2D eigenvalue weighted by molar-refractivity contribution is 5.89. The van der Waals surface area contributed by atoms with Crippen molar-refractivity contribution in [3.63, 3.8) is 0 Å². The Hall–Kier alpha value is -0.610. The van der Waals surface area contributed by atoms with Crippen LogP contribution in [0.5, 0.6) is 0 Å². The summed E-state index contributed by atoms with van der Waals surface area (Å²) < 4.78 is 0. The van der Waals surface area contributed by atoms with Gasteiger partial charge in [0.1, 0.15) is 5.54 Å². The molecule has 4 nitrogen and oxygen atoms in total. The lowest BCUT2D eigenvalue weighted by Gasteiger charge is -2.38. The summed E-state index contributed by atoms with van der Waals surface area (Å²) in [4.78, 5) is 18.0. The van der Waals surface area contributed by atoms with Crippen LogP contribution in [0.15, 0.2) is 0 Å². The van der Waals surface area contributed by atoms with E-state index in [0.717, 1.165) is 25.4 Å². The number of aliphatic hydroxyl groups is 1. The lowest BCUT2D eigenvalue weighted by Crippen LogP contribution is -2.53. The second-order valence-corrected chi connectivity index (χ2v) is 8.84.